The normalized spacial score (nSPS) is 19.2. The molecule has 1 saturated heterocycles. The van der Waals surface area contributed by atoms with Gasteiger partial charge in [0.2, 0.25) is 0 Å². The lowest BCUT2D eigenvalue weighted by molar-refractivity contribution is 0.448. The van der Waals surface area contributed by atoms with Crippen LogP contribution in [-0.4, -0.2) is 27.2 Å². The van der Waals surface area contributed by atoms with Crippen LogP contribution in [0, 0.1) is 6.92 Å². The molecule has 0 aliphatic carbocycles. The third-order valence-electron chi connectivity index (χ3n) is 4.78. The Bertz CT molecular complexity index is 820. The predicted molar refractivity (Wildman–Crippen MR) is 90.5 cm³/mol. The van der Waals surface area contributed by atoms with Gasteiger partial charge in [-0.1, -0.05) is 19.1 Å². The largest absolute Gasteiger partial charge is 0.353 e. The topological polar surface area (TPSA) is 33.4 Å². The summed E-state index contributed by atoms with van der Waals surface area (Å²) >= 11 is 0. The Kier molecular flexibility index (Phi) is 3.25. The van der Waals surface area contributed by atoms with E-state index in [-0.39, 0.29) is 0 Å². The van der Waals surface area contributed by atoms with Crippen LogP contribution in [0.25, 0.3) is 16.6 Å². The maximum atomic E-state index is 4.97. The van der Waals surface area contributed by atoms with Crippen LogP contribution in [0.1, 0.15) is 38.3 Å². The van der Waals surface area contributed by atoms with Gasteiger partial charge in [0.05, 0.1) is 11.2 Å². The Labute approximate surface area is 130 Å². The van der Waals surface area contributed by atoms with Gasteiger partial charge in [0.15, 0.2) is 5.65 Å². The fraction of sp³-hybridized carbons (Fsp3) is 0.444. The van der Waals surface area contributed by atoms with Crippen LogP contribution in [0.4, 0.5) is 5.82 Å². The summed E-state index contributed by atoms with van der Waals surface area (Å²) in [4.78, 5) is 7.49. The molecule has 3 heterocycles. The van der Waals surface area contributed by atoms with Crippen molar-refractivity contribution in [2.24, 2.45) is 0 Å². The van der Waals surface area contributed by atoms with Crippen molar-refractivity contribution in [3.63, 3.8) is 0 Å². The highest BCUT2D eigenvalue weighted by Gasteiger charge is 2.24. The number of hydrogen-bond donors (Lipinski definition) is 0. The summed E-state index contributed by atoms with van der Waals surface area (Å²) in [6, 6.07) is 11.2. The van der Waals surface area contributed by atoms with E-state index >= 15 is 0 Å². The van der Waals surface area contributed by atoms with Gasteiger partial charge < -0.3 is 4.90 Å². The number of para-hydroxylation sites is 1. The number of nitrogens with zero attached hydrogens (tertiary/aromatic N) is 4. The van der Waals surface area contributed by atoms with Gasteiger partial charge in [-0.3, -0.25) is 0 Å². The molecule has 3 aromatic rings. The maximum Gasteiger partial charge on any atom is 0.158 e. The minimum Gasteiger partial charge on any atom is -0.353 e. The molecule has 1 fully saturated rings. The smallest absolute Gasteiger partial charge is 0.158 e. The summed E-state index contributed by atoms with van der Waals surface area (Å²) < 4.78 is 1.97. The maximum absolute atomic E-state index is 4.97. The first-order valence-corrected chi connectivity index (χ1v) is 8.29. The van der Waals surface area contributed by atoms with Gasteiger partial charge in [-0.25, -0.2) is 9.50 Å². The van der Waals surface area contributed by atoms with E-state index in [0.29, 0.717) is 6.04 Å². The molecule has 0 radical (unpaired) electrons. The second-order valence-electron chi connectivity index (χ2n) is 6.26. The Hall–Kier alpha value is -2.10. The highest BCUT2D eigenvalue weighted by Crippen LogP contribution is 2.31. The van der Waals surface area contributed by atoms with E-state index in [1.165, 1.54) is 31.1 Å². The van der Waals surface area contributed by atoms with E-state index < -0.39 is 0 Å². The van der Waals surface area contributed by atoms with Crippen molar-refractivity contribution in [2.75, 3.05) is 11.4 Å². The fourth-order valence-corrected chi connectivity index (χ4v) is 3.68. The van der Waals surface area contributed by atoms with Crippen molar-refractivity contribution in [1.29, 1.82) is 0 Å². The number of rotatable bonds is 2. The molecule has 0 bridgehead atoms. The molecule has 0 spiro atoms. The summed E-state index contributed by atoms with van der Waals surface area (Å²) in [5, 5.41) is 5.81. The summed E-state index contributed by atoms with van der Waals surface area (Å²) in [7, 11) is 0. The van der Waals surface area contributed by atoms with Gasteiger partial charge >= 0.3 is 0 Å². The van der Waals surface area contributed by atoms with E-state index in [0.717, 1.165) is 29.2 Å². The van der Waals surface area contributed by atoms with E-state index in [4.69, 9.17) is 4.98 Å². The summed E-state index contributed by atoms with van der Waals surface area (Å²) in [5.41, 5.74) is 3.11. The van der Waals surface area contributed by atoms with Crippen molar-refractivity contribution in [2.45, 2.75) is 45.6 Å². The van der Waals surface area contributed by atoms with E-state index in [1.807, 2.05) is 11.4 Å². The zero-order chi connectivity index (χ0) is 15.1. The zero-order valence-electron chi connectivity index (χ0n) is 13.3. The Morgan fingerprint density at radius 3 is 2.95 bits per heavy atom. The lowest BCUT2D eigenvalue weighted by Gasteiger charge is -2.36. The van der Waals surface area contributed by atoms with Crippen LogP contribution in [-0.2, 0) is 0 Å². The summed E-state index contributed by atoms with van der Waals surface area (Å²) in [5.74, 6) is 1.13. The number of aryl methyl sites for hydroxylation is 1. The van der Waals surface area contributed by atoms with Gasteiger partial charge in [-0.05, 0) is 44.7 Å². The molecule has 114 valence electrons. The number of anilines is 1. The molecule has 22 heavy (non-hydrogen) atoms. The van der Waals surface area contributed by atoms with Crippen molar-refractivity contribution in [1.82, 2.24) is 14.6 Å². The van der Waals surface area contributed by atoms with Crippen molar-refractivity contribution >= 4 is 22.4 Å². The average Bonchev–Trinajstić information content (AvgIpc) is 2.94. The number of fused-ring (bicyclic) bond motifs is 3. The Morgan fingerprint density at radius 1 is 1.23 bits per heavy atom. The molecule has 2 aromatic heterocycles. The Morgan fingerprint density at radius 2 is 2.09 bits per heavy atom. The molecular formula is C18H22N4. The molecule has 0 N–H and O–H groups in total. The van der Waals surface area contributed by atoms with Crippen molar-refractivity contribution in [3.8, 4) is 0 Å². The lowest BCUT2D eigenvalue weighted by Crippen LogP contribution is -2.39. The van der Waals surface area contributed by atoms with Crippen LogP contribution < -0.4 is 4.90 Å². The lowest BCUT2D eigenvalue weighted by atomic mass is 9.99. The SMILES string of the molecule is CCC1CCCCN1c1nc2cc(C)nn2c2ccccc12. The number of benzene rings is 1. The van der Waals surface area contributed by atoms with Crippen LogP contribution in [0.5, 0.6) is 0 Å². The minimum absolute atomic E-state index is 0.608. The van der Waals surface area contributed by atoms with E-state index in [1.54, 1.807) is 0 Å². The second-order valence-corrected chi connectivity index (χ2v) is 6.26. The third-order valence-corrected chi connectivity index (χ3v) is 4.78. The zero-order valence-corrected chi connectivity index (χ0v) is 13.3. The van der Waals surface area contributed by atoms with Crippen molar-refractivity contribution in [3.05, 3.63) is 36.0 Å². The second kappa shape index (κ2) is 5.27. The molecule has 0 amide bonds. The molecule has 1 aromatic carbocycles. The van der Waals surface area contributed by atoms with E-state index in [2.05, 4.69) is 47.3 Å². The standard InChI is InChI=1S/C18H22N4/c1-3-14-8-6-7-11-21(14)18-15-9-4-5-10-16(15)22-17(19-18)12-13(2)20-22/h4-5,9-10,12,14H,3,6-8,11H2,1-2H3. The molecule has 1 atom stereocenters. The summed E-state index contributed by atoms with van der Waals surface area (Å²) in [6.07, 6.45) is 5.05. The predicted octanol–water partition coefficient (Wildman–Crippen LogP) is 3.96. The summed E-state index contributed by atoms with van der Waals surface area (Å²) in [6.45, 7) is 5.42. The van der Waals surface area contributed by atoms with Crippen LogP contribution in [0.3, 0.4) is 0 Å². The minimum atomic E-state index is 0.608. The average molecular weight is 294 g/mol. The molecule has 0 saturated carbocycles. The monoisotopic (exact) mass is 294 g/mol. The first-order valence-electron chi connectivity index (χ1n) is 8.29. The molecule has 1 aliphatic heterocycles. The van der Waals surface area contributed by atoms with E-state index in [9.17, 15) is 0 Å². The van der Waals surface area contributed by atoms with Gasteiger partial charge in [0.1, 0.15) is 5.82 Å². The first kappa shape index (κ1) is 13.6. The quantitative estimate of drug-likeness (QED) is 0.717. The first-order chi connectivity index (χ1) is 10.8. The number of hydrogen-bond acceptors (Lipinski definition) is 3. The number of aromatic nitrogens is 3. The van der Waals surface area contributed by atoms with Gasteiger partial charge in [0, 0.05) is 24.0 Å². The van der Waals surface area contributed by atoms with Gasteiger partial charge in [-0.15, -0.1) is 0 Å². The van der Waals surface area contributed by atoms with Gasteiger partial charge in [-0.2, -0.15) is 5.10 Å². The van der Waals surface area contributed by atoms with Crippen molar-refractivity contribution < 1.29 is 0 Å². The number of piperidine rings is 1. The molecule has 1 unspecified atom stereocenters. The highest BCUT2D eigenvalue weighted by atomic mass is 15.3. The fourth-order valence-electron chi connectivity index (χ4n) is 3.68. The van der Waals surface area contributed by atoms with Crippen LogP contribution in [0.2, 0.25) is 0 Å². The highest BCUT2D eigenvalue weighted by molar-refractivity contribution is 5.92. The third kappa shape index (κ3) is 2.05. The molecular weight excluding hydrogens is 272 g/mol. The van der Waals surface area contributed by atoms with Crippen LogP contribution >= 0.6 is 0 Å². The molecule has 4 heteroatoms. The van der Waals surface area contributed by atoms with Gasteiger partial charge in [0.25, 0.3) is 0 Å². The molecule has 1 aliphatic rings. The Balaban J connectivity index is 1.98. The molecule has 4 nitrogen and oxygen atoms in total. The van der Waals surface area contributed by atoms with Crippen LogP contribution in [0.15, 0.2) is 30.3 Å². The molecule has 4 rings (SSSR count).